The predicted molar refractivity (Wildman–Crippen MR) is 103 cm³/mol. The molecule has 0 spiro atoms. The van der Waals surface area contributed by atoms with Gasteiger partial charge in [0.15, 0.2) is 0 Å². The summed E-state index contributed by atoms with van der Waals surface area (Å²) in [4.78, 5) is 4.46. The van der Waals surface area contributed by atoms with E-state index in [0.717, 1.165) is 22.6 Å². The number of nitrogens with one attached hydrogen (secondary N) is 1. The first-order valence-corrected chi connectivity index (χ1v) is 8.79. The van der Waals surface area contributed by atoms with Crippen LogP contribution in [0.3, 0.4) is 0 Å². The molecular formula is C22H24N2O2. The zero-order valence-electron chi connectivity index (χ0n) is 14.9. The van der Waals surface area contributed by atoms with Crippen molar-refractivity contribution in [1.82, 2.24) is 10.3 Å². The fourth-order valence-corrected chi connectivity index (χ4v) is 2.80. The molecule has 134 valence electrons. The highest BCUT2D eigenvalue weighted by molar-refractivity contribution is 5.28. The van der Waals surface area contributed by atoms with E-state index in [-0.39, 0.29) is 12.6 Å². The van der Waals surface area contributed by atoms with Crippen molar-refractivity contribution in [2.75, 3.05) is 13.2 Å². The van der Waals surface area contributed by atoms with Crippen LogP contribution in [0.1, 0.15) is 22.9 Å². The third-order valence-electron chi connectivity index (χ3n) is 4.11. The molecule has 0 radical (unpaired) electrons. The van der Waals surface area contributed by atoms with Crippen LogP contribution < -0.4 is 10.1 Å². The Labute approximate surface area is 154 Å². The maximum Gasteiger partial charge on any atom is 0.119 e. The maximum atomic E-state index is 10.3. The van der Waals surface area contributed by atoms with Gasteiger partial charge < -0.3 is 15.2 Å². The molecule has 2 N–H and O–H groups in total. The molecule has 4 nitrogen and oxygen atoms in total. The van der Waals surface area contributed by atoms with Crippen molar-refractivity contribution in [3.63, 3.8) is 0 Å². The van der Waals surface area contributed by atoms with Gasteiger partial charge in [-0.15, -0.1) is 0 Å². The van der Waals surface area contributed by atoms with Crippen molar-refractivity contribution in [2.24, 2.45) is 0 Å². The van der Waals surface area contributed by atoms with E-state index in [9.17, 15) is 5.11 Å². The topological polar surface area (TPSA) is 54.4 Å². The average molecular weight is 348 g/mol. The molecule has 4 heteroatoms. The molecule has 1 aromatic heterocycles. The van der Waals surface area contributed by atoms with Crippen molar-refractivity contribution in [3.8, 4) is 5.75 Å². The number of benzene rings is 2. The Morgan fingerprint density at radius 2 is 1.81 bits per heavy atom. The summed E-state index contributed by atoms with van der Waals surface area (Å²) < 4.78 is 5.69. The minimum Gasteiger partial charge on any atom is -0.491 e. The number of aryl methyl sites for hydroxylation is 1. The molecule has 0 aliphatic rings. The summed E-state index contributed by atoms with van der Waals surface area (Å²) >= 11 is 0. The van der Waals surface area contributed by atoms with Gasteiger partial charge >= 0.3 is 0 Å². The molecule has 0 saturated carbocycles. The van der Waals surface area contributed by atoms with E-state index in [4.69, 9.17) is 4.74 Å². The third kappa shape index (κ3) is 5.15. The van der Waals surface area contributed by atoms with Crippen LogP contribution >= 0.6 is 0 Å². The number of pyridine rings is 1. The highest BCUT2D eigenvalue weighted by atomic mass is 16.5. The number of aliphatic hydroxyl groups is 1. The number of hydrogen-bond donors (Lipinski definition) is 2. The Balaban J connectivity index is 1.60. The molecule has 26 heavy (non-hydrogen) atoms. The molecule has 0 bridgehead atoms. The molecule has 0 aliphatic heterocycles. The molecule has 2 unspecified atom stereocenters. The second-order valence-corrected chi connectivity index (χ2v) is 6.29. The third-order valence-corrected chi connectivity index (χ3v) is 4.11. The fourth-order valence-electron chi connectivity index (χ4n) is 2.80. The summed E-state index contributed by atoms with van der Waals surface area (Å²) in [6, 6.07) is 23.7. The van der Waals surface area contributed by atoms with Crippen LogP contribution in [0.15, 0.2) is 79.0 Å². The Morgan fingerprint density at radius 3 is 2.54 bits per heavy atom. The summed E-state index contributed by atoms with van der Waals surface area (Å²) in [6.45, 7) is 2.66. The van der Waals surface area contributed by atoms with Crippen LogP contribution in [0.2, 0.25) is 0 Å². The van der Waals surface area contributed by atoms with E-state index in [0.29, 0.717) is 6.54 Å². The van der Waals surface area contributed by atoms with Crippen LogP contribution in [-0.4, -0.2) is 29.3 Å². The van der Waals surface area contributed by atoms with Crippen LogP contribution in [0.4, 0.5) is 0 Å². The molecule has 0 amide bonds. The van der Waals surface area contributed by atoms with Gasteiger partial charge in [-0.05, 0) is 42.3 Å². The van der Waals surface area contributed by atoms with Gasteiger partial charge in [-0.3, -0.25) is 4.98 Å². The molecule has 0 saturated heterocycles. The molecule has 3 rings (SSSR count). The minimum absolute atomic E-state index is 0.0778. The van der Waals surface area contributed by atoms with Gasteiger partial charge in [-0.1, -0.05) is 48.5 Å². The smallest absolute Gasteiger partial charge is 0.119 e. The van der Waals surface area contributed by atoms with E-state index >= 15 is 0 Å². The monoisotopic (exact) mass is 348 g/mol. The number of nitrogens with zero attached hydrogens (tertiary/aromatic N) is 1. The van der Waals surface area contributed by atoms with Gasteiger partial charge in [-0.25, -0.2) is 0 Å². The van der Waals surface area contributed by atoms with Crippen molar-refractivity contribution >= 4 is 0 Å². The summed E-state index contributed by atoms with van der Waals surface area (Å²) in [7, 11) is 0. The summed E-state index contributed by atoms with van der Waals surface area (Å²) in [5.41, 5.74) is 3.16. The first kappa shape index (κ1) is 18.1. The highest BCUT2D eigenvalue weighted by Crippen LogP contribution is 2.20. The van der Waals surface area contributed by atoms with Gasteiger partial charge in [0.25, 0.3) is 0 Å². The Morgan fingerprint density at radius 1 is 1.00 bits per heavy atom. The number of rotatable bonds is 8. The van der Waals surface area contributed by atoms with Crippen molar-refractivity contribution in [2.45, 2.75) is 19.1 Å². The largest absolute Gasteiger partial charge is 0.491 e. The minimum atomic E-state index is -0.620. The zero-order chi connectivity index (χ0) is 18.2. The summed E-state index contributed by atoms with van der Waals surface area (Å²) in [5.74, 6) is 0.772. The van der Waals surface area contributed by atoms with Crippen LogP contribution in [-0.2, 0) is 0 Å². The highest BCUT2D eigenvalue weighted by Gasteiger charge is 2.16. The van der Waals surface area contributed by atoms with Crippen LogP contribution in [0, 0.1) is 6.92 Å². The molecule has 0 aliphatic carbocycles. The van der Waals surface area contributed by atoms with Gasteiger partial charge in [0.05, 0.1) is 11.7 Å². The molecule has 2 aromatic carbocycles. The second kappa shape index (κ2) is 9.13. The molecular weight excluding hydrogens is 324 g/mol. The average Bonchev–Trinajstić information content (AvgIpc) is 2.68. The SMILES string of the molecule is Cc1cccc(OCC(O)CNC(c2ccccc2)c2ccccn2)c1. The van der Waals surface area contributed by atoms with Crippen molar-refractivity contribution in [1.29, 1.82) is 0 Å². The van der Waals surface area contributed by atoms with E-state index in [1.54, 1.807) is 6.20 Å². The Kier molecular flexibility index (Phi) is 6.36. The molecule has 3 aromatic rings. The molecule has 2 atom stereocenters. The van der Waals surface area contributed by atoms with Gasteiger partial charge in [-0.2, -0.15) is 0 Å². The lowest BCUT2D eigenvalue weighted by Crippen LogP contribution is -2.34. The molecule has 0 fully saturated rings. The zero-order valence-corrected chi connectivity index (χ0v) is 14.9. The van der Waals surface area contributed by atoms with Crippen LogP contribution in [0.25, 0.3) is 0 Å². The predicted octanol–water partition coefficient (Wildman–Crippen LogP) is 3.51. The van der Waals surface area contributed by atoms with Gasteiger partial charge in [0.2, 0.25) is 0 Å². The first-order chi connectivity index (χ1) is 12.7. The Hall–Kier alpha value is -2.69. The second-order valence-electron chi connectivity index (χ2n) is 6.29. The van der Waals surface area contributed by atoms with E-state index in [2.05, 4.69) is 22.4 Å². The van der Waals surface area contributed by atoms with Gasteiger partial charge in [0.1, 0.15) is 18.5 Å². The first-order valence-electron chi connectivity index (χ1n) is 8.79. The fraction of sp³-hybridized carbons (Fsp3) is 0.227. The number of hydrogen-bond acceptors (Lipinski definition) is 4. The van der Waals surface area contributed by atoms with E-state index in [1.165, 1.54) is 0 Å². The lowest BCUT2D eigenvalue weighted by molar-refractivity contribution is 0.104. The van der Waals surface area contributed by atoms with Crippen LogP contribution in [0.5, 0.6) is 5.75 Å². The lowest BCUT2D eigenvalue weighted by Gasteiger charge is -2.21. The van der Waals surface area contributed by atoms with Crippen molar-refractivity contribution < 1.29 is 9.84 Å². The quantitative estimate of drug-likeness (QED) is 0.654. The normalized spacial score (nSPS) is 13.2. The van der Waals surface area contributed by atoms with Gasteiger partial charge in [0, 0.05) is 12.7 Å². The lowest BCUT2D eigenvalue weighted by atomic mass is 10.0. The summed E-state index contributed by atoms with van der Waals surface area (Å²) in [6.07, 6.45) is 1.16. The summed E-state index contributed by atoms with van der Waals surface area (Å²) in [5, 5.41) is 13.7. The van der Waals surface area contributed by atoms with E-state index in [1.807, 2.05) is 67.6 Å². The van der Waals surface area contributed by atoms with E-state index < -0.39 is 6.10 Å². The number of ether oxygens (including phenoxy) is 1. The molecule has 1 heterocycles. The number of aliphatic hydroxyl groups excluding tert-OH is 1. The maximum absolute atomic E-state index is 10.3. The Bertz CT molecular complexity index is 754. The number of aromatic nitrogens is 1. The van der Waals surface area contributed by atoms with Crippen molar-refractivity contribution in [3.05, 3.63) is 95.8 Å². The standard InChI is InChI=1S/C22H24N2O2/c1-17-8-7-11-20(14-17)26-16-19(25)15-24-22(18-9-3-2-4-10-18)21-12-5-6-13-23-21/h2-14,19,22,24-25H,15-16H2,1H3.